The molecular weight excluding hydrogens is 286 g/mol. The van der Waals surface area contributed by atoms with E-state index in [0.717, 1.165) is 25.7 Å². The molecule has 1 fully saturated rings. The molecule has 0 radical (unpaired) electrons. The molecule has 0 bridgehead atoms. The lowest BCUT2D eigenvalue weighted by molar-refractivity contribution is -0.136. The van der Waals surface area contributed by atoms with E-state index in [0.29, 0.717) is 16.5 Å². The molecule has 2 rings (SSSR count). The Labute approximate surface area is 128 Å². The van der Waals surface area contributed by atoms with Crippen molar-refractivity contribution < 1.29 is 9.59 Å². The average molecular weight is 305 g/mol. The number of nitrogens with zero attached hydrogens (tertiary/aromatic N) is 1. The fourth-order valence-electron chi connectivity index (χ4n) is 2.70. The van der Waals surface area contributed by atoms with Crippen molar-refractivity contribution in [2.24, 2.45) is 5.92 Å². The highest BCUT2D eigenvalue weighted by molar-refractivity contribution is 7.14. The summed E-state index contributed by atoms with van der Waals surface area (Å²) in [5.41, 5.74) is 0.380. The highest BCUT2D eigenvalue weighted by atomic mass is 32.1. The first-order valence-electron chi connectivity index (χ1n) is 7.23. The van der Waals surface area contributed by atoms with Crippen LogP contribution in [0.3, 0.4) is 0 Å². The van der Waals surface area contributed by atoms with Gasteiger partial charge in [-0.3, -0.25) is 9.59 Å². The van der Waals surface area contributed by atoms with E-state index in [1.54, 1.807) is 11.4 Å². The minimum absolute atomic E-state index is 0.0840. The van der Waals surface area contributed by atoms with Gasteiger partial charge in [-0.1, -0.05) is 26.2 Å². The van der Waals surface area contributed by atoms with Gasteiger partial charge in [-0.05, 0) is 30.2 Å². The molecule has 1 aliphatic carbocycles. The number of nitrogens with one attached hydrogen (secondary N) is 2. The second kappa shape index (κ2) is 7.23. The van der Waals surface area contributed by atoms with Gasteiger partial charge in [0.25, 0.3) is 0 Å². The smallest absolute Gasteiger partial charge is 0.314 e. The van der Waals surface area contributed by atoms with Crippen LogP contribution in [0.2, 0.25) is 0 Å². The monoisotopic (exact) mass is 305 g/mol. The van der Waals surface area contributed by atoms with Gasteiger partial charge in [-0.25, -0.2) is 0 Å². The number of nitriles is 1. The SMILES string of the molecule is CC[C@@H]1CCC[C@H](NC(=O)C(=O)Nc2sccc2C#N)C1. The second-order valence-corrected chi connectivity index (χ2v) is 6.26. The number of hydrogen-bond donors (Lipinski definition) is 2. The Kier molecular flexibility index (Phi) is 5.34. The van der Waals surface area contributed by atoms with Crippen molar-refractivity contribution >= 4 is 28.2 Å². The lowest BCUT2D eigenvalue weighted by Gasteiger charge is -2.28. The maximum absolute atomic E-state index is 11.9. The first-order valence-corrected chi connectivity index (χ1v) is 8.11. The van der Waals surface area contributed by atoms with Gasteiger partial charge in [0.05, 0.1) is 5.56 Å². The van der Waals surface area contributed by atoms with Crippen LogP contribution in [0, 0.1) is 17.2 Å². The number of hydrogen-bond acceptors (Lipinski definition) is 4. The molecule has 1 aromatic heterocycles. The van der Waals surface area contributed by atoms with Gasteiger partial charge in [0, 0.05) is 6.04 Å². The summed E-state index contributed by atoms with van der Waals surface area (Å²) >= 11 is 1.24. The van der Waals surface area contributed by atoms with Crippen molar-refractivity contribution in [1.82, 2.24) is 5.32 Å². The Balaban J connectivity index is 1.88. The minimum Gasteiger partial charge on any atom is -0.345 e. The maximum atomic E-state index is 11.9. The maximum Gasteiger partial charge on any atom is 0.314 e. The molecule has 2 amide bonds. The van der Waals surface area contributed by atoms with Crippen LogP contribution >= 0.6 is 11.3 Å². The molecule has 1 aliphatic rings. The van der Waals surface area contributed by atoms with E-state index in [1.165, 1.54) is 17.8 Å². The summed E-state index contributed by atoms with van der Waals surface area (Å²) in [4.78, 5) is 23.8. The molecule has 1 heterocycles. The van der Waals surface area contributed by atoms with Gasteiger partial charge in [-0.15, -0.1) is 11.3 Å². The third-order valence-corrected chi connectivity index (χ3v) is 4.74. The van der Waals surface area contributed by atoms with E-state index < -0.39 is 11.8 Å². The normalized spacial score (nSPS) is 21.3. The summed E-state index contributed by atoms with van der Waals surface area (Å²) < 4.78 is 0. The van der Waals surface area contributed by atoms with Crippen LogP contribution in [0.25, 0.3) is 0 Å². The van der Waals surface area contributed by atoms with E-state index in [2.05, 4.69) is 17.6 Å². The van der Waals surface area contributed by atoms with Crippen LogP contribution < -0.4 is 10.6 Å². The molecule has 1 aromatic rings. The lowest BCUT2D eigenvalue weighted by Crippen LogP contribution is -2.43. The summed E-state index contributed by atoms with van der Waals surface area (Å²) in [6.45, 7) is 2.15. The molecular formula is C15H19N3O2S. The predicted octanol–water partition coefficient (Wildman–Crippen LogP) is 2.64. The summed E-state index contributed by atoms with van der Waals surface area (Å²) in [6, 6.07) is 3.68. The summed E-state index contributed by atoms with van der Waals surface area (Å²) in [5.74, 6) is -0.684. The Morgan fingerprint density at radius 2 is 2.24 bits per heavy atom. The zero-order valence-electron chi connectivity index (χ0n) is 12.0. The van der Waals surface area contributed by atoms with Crippen molar-refractivity contribution in [2.45, 2.75) is 45.1 Å². The zero-order chi connectivity index (χ0) is 15.2. The number of carbonyl (C=O) groups excluding carboxylic acids is 2. The summed E-state index contributed by atoms with van der Waals surface area (Å²) in [6.07, 6.45) is 5.28. The Hall–Kier alpha value is -1.87. The van der Waals surface area contributed by atoms with Gasteiger partial charge in [0.2, 0.25) is 0 Å². The van der Waals surface area contributed by atoms with Gasteiger partial charge >= 0.3 is 11.8 Å². The van der Waals surface area contributed by atoms with Crippen LogP contribution in [-0.2, 0) is 9.59 Å². The molecule has 1 saturated carbocycles. The molecule has 0 spiro atoms. The highest BCUT2D eigenvalue weighted by Gasteiger charge is 2.25. The molecule has 0 saturated heterocycles. The molecule has 5 nitrogen and oxygen atoms in total. The highest BCUT2D eigenvalue weighted by Crippen LogP contribution is 2.26. The summed E-state index contributed by atoms with van der Waals surface area (Å²) in [7, 11) is 0. The van der Waals surface area contributed by atoms with Crippen molar-refractivity contribution in [3.05, 3.63) is 17.0 Å². The van der Waals surface area contributed by atoms with Crippen LogP contribution in [0.4, 0.5) is 5.00 Å². The third-order valence-electron chi connectivity index (χ3n) is 3.91. The number of rotatable bonds is 3. The van der Waals surface area contributed by atoms with E-state index in [-0.39, 0.29) is 6.04 Å². The first-order chi connectivity index (χ1) is 10.1. The first kappa shape index (κ1) is 15.5. The predicted molar refractivity (Wildman–Crippen MR) is 81.8 cm³/mol. The van der Waals surface area contributed by atoms with E-state index in [9.17, 15) is 9.59 Å². The van der Waals surface area contributed by atoms with E-state index in [4.69, 9.17) is 5.26 Å². The van der Waals surface area contributed by atoms with Gasteiger partial charge in [-0.2, -0.15) is 5.26 Å². The van der Waals surface area contributed by atoms with Crippen molar-refractivity contribution in [2.75, 3.05) is 5.32 Å². The van der Waals surface area contributed by atoms with Crippen LogP contribution in [0.15, 0.2) is 11.4 Å². The standard InChI is InChI=1S/C15H19N3O2S/c1-2-10-4-3-5-12(8-10)17-13(19)14(20)18-15-11(9-16)6-7-21-15/h6-7,10,12H,2-5,8H2,1H3,(H,17,19)(H,18,20)/t10-,12+/m1/s1. The molecule has 2 atom stereocenters. The Bertz CT molecular complexity index is 562. The number of anilines is 1. The van der Waals surface area contributed by atoms with Crippen molar-refractivity contribution in [3.8, 4) is 6.07 Å². The second-order valence-electron chi connectivity index (χ2n) is 5.34. The van der Waals surface area contributed by atoms with Gasteiger partial charge < -0.3 is 10.6 Å². The number of amides is 2. The minimum atomic E-state index is -0.701. The van der Waals surface area contributed by atoms with Crippen molar-refractivity contribution in [1.29, 1.82) is 5.26 Å². The van der Waals surface area contributed by atoms with Crippen LogP contribution in [-0.4, -0.2) is 17.9 Å². The van der Waals surface area contributed by atoms with E-state index >= 15 is 0 Å². The summed E-state index contributed by atoms with van der Waals surface area (Å²) in [5, 5.41) is 16.3. The fraction of sp³-hybridized carbons (Fsp3) is 0.533. The molecule has 0 aromatic carbocycles. The molecule has 21 heavy (non-hydrogen) atoms. The molecule has 0 unspecified atom stereocenters. The largest absolute Gasteiger partial charge is 0.345 e. The average Bonchev–Trinajstić information content (AvgIpc) is 2.94. The van der Waals surface area contributed by atoms with Crippen molar-refractivity contribution in [3.63, 3.8) is 0 Å². The van der Waals surface area contributed by atoms with Crippen LogP contribution in [0.5, 0.6) is 0 Å². The molecule has 2 N–H and O–H groups in total. The number of thiophene rings is 1. The third kappa shape index (κ3) is 4.05. The Morgan fingerprint density at radius 1 is 1.43 bits per heavy atom. The zero-order valence-corrected chi connectivity index (χ0v) is 12.8. The van der Waals surface area contributed by atoms with E-state index in [1.807, 2.05) is 6.07 Å². The van der Waals surface area contributed by atoms with Gasteiger partial charge in [0.15, 0.2) is 0 Å². The topological polar surface area (TPSA) is 82.0 Å². The van der Waals surface area contributed by atoms with Gasteiger partial charge in [0.1, 0.15) is 11.1 Å². The molecule has 6 heteroatoms. The molecule has 112 valence electrons. The quantitative estimate of drug-likeness (QED) is 0.842. The molecule has 0 aliphatic heterocycles. The lowest BCUT2D eigenvalue weighted by atomic mass is 9.84. The van der Waals surface area contributed by atoms with Crippen LogP contribution in [0.1, 0.15) is 44.6 Å². The number of carbonyl (C=O) groups is 2. The fourth-order valence-corrected chi connectivity index (χ4v) is 3.43. The Morgan fingerprint density at radius 3 is 2.95 bits per heavy atom.